The van der Waals surface area contributed by atoms with Crippen LogP contribution in [0.3, 0.4) is 0 Å². The Morgan fingerprint density at radius 2 is 2.00 bits per heavy atom. The lowest BCUT2D eigenvalue weighted by Crippen LogP contribution is -2.09. The summed E-state index contributed by atoms with van der Waals surface area (Å²) in [4.78, 5) is 0. The molecule has 0 aliphatic heterocycles. The van der Waals surface area contributed by atoms with Crippen molar-refractivity contribution in [3.63, 3.8) is 0 Å². The molecule has 1 aliphatic carbocycles. The van der Waals surface area contributed by atoms with Crippen LogP contribution < -0.4 is 10.5 Å². The van der Waals surface area contributed by atoms with Gasteiger partial charge in [-0.1, -0.05) is 38.3 Å². The smallest absolute Gasteiger partial charge is 0.122 e. The van der Waals surface area contributed by atoms with E-state index in [0.717, 1.165) is 31.7 Å². The predicted octanol–water partition coefficient (Wildman–Crippen LogP) is 4.02. The molecule has 2 heteroatoms. The van der Waals surface area contributed by atoms with Crippen LogP contribution in [0.1, 0.15) is 62.5 Å². The van der Waals surface area contributed by atoms with Crippen LogP contribution >= 0.6 is 0 Å². The minimum Gasteiger partial charge on any atom is -0.493 e. The third-order valence-electron chi connectivity index (χ3n) is 4.01. The molecule has 1 aromatic carbocycles. The Kier molecular flexibility index (Phi) is 5.71. The number of benzene rings is 1. The molecule has 0 unspecified atom stereocenters. The van der Waals surface area contributed by atoms with Crippen LogP contribution in [0.2, 0.25) is 0 Å². The first kappa shape index (κ1) is 14.4. The topological polar surface area (TPSA) is 35.2 Å². The van der Waals surface area contributed by atoms with Gasteiger partial charge in [0.15, 0.2) is 0 Å². The molecular weight excluding hydrogens is 234 g/mol. The minimum atomic E-state index is 0.693. The Morgan fingerprint density at radius 3 is 2.68 bits per heavy atom. The third kappa shape index (κ3) is 3.97. The summed E-state index contributed by atoms with van der Waals surface area (Å²) in [7, 11) is 0. The van der Waals surface area contributed by atoms with E-state index in [1.54, 1.807) is 0 Å². The molecule has 0 radical (unpaired) electrons. The van der Waals surface area contributed by atoms with Gasteiger partial charge < -0.3 is 10.5 Å². The monoisotopic (exact) mass is 261 g/mol. The van der Waals surface area contributed by atoms with E-state index in [1.165, 1.54) is 43.2 Å². The van der Waals surface area contributed by atoms with Gasteiger partial charge in [-0.2, -0.15) is 0 Å². The average Bonchev–Trinajstić information content (AvgIpc) is 2.47. The molecule has 0 saturated heterocycles. The molecule has 0 amide bonds. The van der Waals surface area contributed by atoms with Gasteiger partial charge in [0, 0.05) is 0 Å². The molecule has 0 bridgehead atoms. The fourth-order valence-electron chi connectivity index (χ4n) is 3.00. The van der Waals surface area contributed by atoms with Crippen molar-refractivity contribution in [1.82, 2.24) is 0 Å². The highest BCUT2D eigenvalue weighted by molar-refractivity contribution is 5.40. The quantitative estimate of drug-likeness (QED) is 0.839. The summed E-state index contributed by atoms with van der Waals surface area (Å²) in [5, 5.41) is 0. The molecule has 0 spiro atoms. The van der Waals surface area contributed by atoms with E-state index in [9.17, 15) is 0 Å². The zero-order valence-electron chi connectivity index (χ0n) is 12.2. The van der Waals surface area contributed by atoms with Crippen LogP contribution in [0, 0.1) is 0 Å². The predicted molar refractivity (Wildman–Crippen MR) is 80.8 cm³/mol. The van der Waals surface area contributed by atoms with E-state index >= 15 is 0 Å². The van der Waals surface area contributed by atoms with Gasteiger partial charge in [0.2, 0.25) is 0 Å². The SMILES string of the molecule is CCCOc1ccc(CCN)cc1C1CCCCC1. The van der Waals surface area contributed by atoms with Crippen molar-refractivity contribution in [2.45, 2.75) is 57.8 Å². The maximum Gasteiger partial charge on any atom is 0.122 e. The Bertz CT molecular complexity index is 383. The van der Waals surface area contributed by atoms with E-state index in [1.807, 2.05) is 0 Å². The lowest BCUT2D eigenvalue weighted by molar-refractivity contribution is 0.307. The molecular formula is C17H27NO. The van der Waals surface area contributed by atoms with Crippen LogP contribution in [0.25, 0.3) is 0 Å². The molecule has 1 saturated carbocycles. The summed E-state index contributed by atoms with van der Waals surface area (Å²) in [6.45, 7) is 3.69. The molecule has 106 valence electrons. The van der Waals surface area contributed by atoms with Gasteiger partial charge in [0.05, 0.1) is 6.61 Å². The van der Waals surface area contributed by atoms with E-state index in [0.29, 0.717) is 5.92 Å². The Hall–Kier alpha value is -1.02. The van der Waals surface area contributed by atoms with Gasteiger partial charge >= 0.3 is 0 Å². The third-order valence-corrected chi connectivity index (χ3v) is 4.01. The van der Waals surface area contributed by atoms with E-state index in [-0.39, 0.29) is 0 Å². The number of hydrogen-bond donors (Lipinski definition) is 1. The molecule has 0 heterocycles. The second kappa shape index (κ2) is 7.54. The van der Waals surface area contributed by atoms with Crippen molar-refractivity contribution in [2.75, 3.05) is 13.2 Å². The number of rotatable bonds is 6. The fraction of sp³-hybridized carbons (Fsp3) is 0.647. The summed E-state index contributed by atoms with van der Waals surface area (Å²) >= 11 is 0. The molecule has 2 nitrogen and oxygen atoms in total. The second-order valence-corrected chi connectivity index (χ2v) is 5.59. The molecule has 2 N–H and O–H groups in total. The summed E-state index contributed by atoms with van der Waals surface area (Å²) in [6, 6.07) is 6.67. The largest absolute Gasteiger partial charge is 0.493 e. The van der Waals surface area contributed by atoms with Crippen LogP contribution in [0.15, 0.2) is 18.2 Å². The van der Waals surface area contributed by atoms with Gasteiger partial charge in [-0.15, -0.1) is 0 Å². The summed E-state index contributed by atoms with van der Waals surface area (Å²) in [6.07, 6.45) is 8.77. The van der Waals surface area contributed by atoms with E-state index in [4.69, 9.17) is 10.5 Å². The van der Waals surface area contributed by atoms with Gasteiger partial charge in [0.1, 0.15) is 5.75 Å². The lowest BCUT2D eigenvalue weighted by atomic mass is 9.83. The molecule has 0 aromatic heterocycles. The number of ether oxygens (including phenoxy) is 1. The first-order valence-corrected chi connectivity index (χ1v) is 7.80. The normalized spacial score (nSPS) is 16.5. The van der Waals surface area contributed by atoms with Crippen LogP contribution in [0.5, 0.6) is 5.75 Å². The van der Waals surface area contributed by atoms with Crippen molar-refractivity contribution < 1.29 is 4.74 Å². The molecule has 2 rings (SSSR count). The first-order valence-electron chi connectivity index (χ1n) is 7.80. The zero-order chi connectivity index (χ0) is 13.5. The lowest BCUT2D eigenvalue weighted by Gasteiger charge is -2.25. The van der Waals surface area contributed by atoms with Crippen LogP contribution in [-0.4, -0.2) is 13.2 Å². The molecule has 19 heavy (non-hydrogen) atoms. The van der Waals surface area contributed by atoms with Gasteiger partial charge in [-0.25, -0.2) is 0 Å². The highest BCUT2D eigenvalue weighted by Crippen LogP contribution is 2.38. The Morgan fingerprint density at radius 1 is 1.21 bits per heavy atom. The van der Waals surface area contributed by atoms with E-state index in [2.05, 4.69) is 25.1 Å². The van der Waals surface area contributed by atoms with E-state index < -0.39 is 0 Å². The first-order chi connectivity index (χ1) is 9.35. The standard InChI is InChI=1S/C17H27NO/c1-2-12-19-17-9-8-14(10-11-18)13-16(17)15-6-4-3-5-7-15/h8-9,13,15H,2-7,10-12,18H2,1H3. The van der Waals surface area contributed by atoms with Gasteiger partial charge in [0.25, 0.3) is 0 Å². The Balaban J connectivity index is 2.20. The zero-order valence-corrected chi connectivity index (χ0v) is 12.2. The summed E-state index contributed by atoms with van der Waals surface area (Å²) in [5.74, 6) is 1.80. The van der Waals surface area contributed by atoms with Gasteiger partial charge in [-0.3, -0.25) is 0 Å². The summed E-state index contributed by atoms with van der Waals surface area (Å²) in [5.41, 5.74) is 8.46. The Labute approximate surface area is 117 Å². The molecule has 1 aromatic rings. The van der Waals surface area contributed by atoms with Crippen molar-refractivity contribution in [1.29, 1.82) is 0 Å². The highest BCUT2D eigenvalue weighted by Gasteiger charge is 2.19. The van der Waals surface area contributed by atoms with Crippen molar-refractivity contribution >= 4 is 0 Å². The maximum atomic E-state index is 5.94. The van der Waals surface area contributed by atoms with Gasteiger partial charge in [-0.05, 0) is 55.3 Å². The van der Waals surface area contributed by atoms with Crippen molar-refractivity contribution in [3.8, 4) is 5.75 Å². The molecule has 1 aliphatic rings. The maximum absolute atomic E-state index is 5.94. The number of nitrogens with two attached hydrogens (primary N) is 1. The second-order valence-electron chi connectivity index (χ2n) is 5.59. The van der Waals surface area contributed by atoms with Crippen molar-refractivity contribution in [3.05, 3.63) is 29.3 Å². The fourth-order valence-corrected chi connectivity index (χ4v) is 3.00. The summed E-state index contributed by atoms with van der Waals surface area (Å²) < 4.78 is 5.94. The molecule has 0 atom stereocenters. The average molecular weight is 261 g/mol. The number of hydrogen-bond acceptors (Lipinski definition) is 2. The van der Waals surface area contributed by atoms with Crippen LogP contribution in [0.4, 0.5) is 0 Å². The highest BCUT2D eigenvalue weighted by atomic mass is 16.5. The van der Waals surface area contributed by atoms with Crippen molar-refractivity contribution in [2.24, 2.45) is 5.73 Å². The molecule has 1 fully saturated rings. The minimum absolute atomic E-state index is 0.693. The van der Waals surface area contributed by atoms with Crippen LogP contribution in [-0.2, 0) is 6.42 Å².